The van der Waals surface area contributed by atoms with E-state index in [1.54, 1.807) is 37.3 Å². The topological polar surface area (TPSA) is 84.5 Å². The molecule has 3 aromatic rings. The number of amides is 1. The van der Waals surface area contributed by atoms with Crippen LogP contribution in [0.1, 0.15) is 27.0 Å². The summed E-state index contributed by atoms with van der Waals surface area (Å²) in [5.74, 6) is 0.358. The molecule has 0 saturated heterocycles. The average molecular weight is 425 g/mol. The lowest BCUT2D eigenvalue weighted by Crippen LogP contribution is -2.23. The highest BCUT2D eigenvalue weighted by Gasteiger charge is 2.16. The van der Waals surface area contributed by atoms with Crippen molar-refractivity contribution in [2.45, 2.75) is 25.3 Å². The zero-order chi connectivity index (χ0) is 21.7. The number of benzene rings is 3. The Morgan fingerprint density at radius 2 is 1.63 bits per heavy atom. The quantitative estimate of drug-likeness (QED) is 0.599. The minimum atomic E-state index is -3.75. The largest absolute Gasteiger partial charge is 0.497 e. The molecule has 0 aliphatic carbocycles. The highest BCUT2D eigenvalue weighted by molar-refractivity contribution is 7.92. The first-order valence-corrected chi connectivity index (χ1v) is 10.9. The maximum Gasteiger partial charge on any atom is 0.261 e. The van der Waals surface area contributed by atoms with Gasteiger partial charge in [-0.1, -0.05) is 24.3 Å². The highest BCUT2D eigenvalue weighted by atomic mass is 32.2. The normalized spacial score (nSPS) is 11.0. The average Bonchev–Trinajstić information content (AvgIpc) is 2.74. The van der Waals surface area contributed by atoms with E-state index in [0.29, 0.717) is 29.1 Å². The molecule has 0 unspecified atom stereocenters. The van der Waals surface area contributed by atoms with Crippen molar-refractivity contribution in [3.05, 3.63) is 89.0 Å². The van der Waals surface area contributed by atoms with E-state index in [-0.39, 0.29) is 10.8 Å². The first kappa shape index (κ1) is 21.4. The van der Waals surface area contributed by atoms with Crippen LogP contribution in [0.4, 0.5) is 5.69 Å². The van der Waals surface area contributed by atoms with Gasteiger partial charge in [-0.25, -0.2) is 8.42 Å². The predicted molar refractivity (Wildman–Crippen MR) is 117 cm³/mol. The Morgan fingerprint density at radius 3 is 2.27 bits per heavy atom. The highest BCUT2D eigenvalue weighted by Crippen LogP contribution is 2.22. The van der Waals surface area contributed by atoms with E-state index in [1.165, 1.54) is 19.2 Å². The Balaban J connectivity index is 1.71. The summed E-state index contributed by atoms with van der Waals surface area (Å²) in [5.41, 5.74) is 3.69. The number of sulfonamides is 1. The van der Waals surface area contributed by atoms with E-state index in [0.717, 1.165) is 11.1 Å². The standard InChI is InChI=1S/C23H24N2O4S/c1-16-6-4-5-7-19(16)15-24-23(26)18-8-13-22(17(2)14-18)25-30(27,28)21-11-9-20(29-3)10-12-21/h4-14,25H,15H2,1-3H3,(H,24,26). The molecule has 0 heterocycles. The maximum absolute atomic E-state index is 12.6. The number of aryl methyl sites for hydroxylation is 2. The minimum absolute atomic E-state index is 0.128. The van der Waals surface area contributed by atoms with Crippen LogP contribution < -0.4 is 14.8 Å². The van der Waals surface area contributed by atoms with Crippen molar-refractivity contribution in [2.75, 3.05) is 11.8 Å². The van der Waals surface area contributed by atoms with Crippen molar-refractivity contribution in [1.29, 1.82) is 0 Å². The van der Waals surface area contributed by atoms with Crippen LogP contribution in [0.5, 0.6) is 5.75 Å². The summed E-state index contributed by atoms with van der Waals surface area (Å²) in [6.07, 6.45) is 0. The fourth-order valence-corrected chi connectivity index (χ4v) is 4.09. The van der Waals surface area contributed by atoms with E-state index in [1.807, 2.05) is 31.2 Å². The maximum atomic E-state index is 12.6. The fraction of sp³-hybridized carbons (Fsp3) is 0.174. The summed E-state index contributed by atoms with van der Waals surface area (Å²) in [6, 6.07) is 18.8. The molecule has 6 nitrogen and oxygen atoms in total. The Morgan fingerprint density at radius 1 is 0.933 bits per heavy atom. The fourth-order valence-electron chi connectivity index (χ4n) is 2.96. The van der Waals surface area contributed by atoms with E-state index in [9.17, 15) is 13.2 Å². The molecule has 2 N–H and O–H groups in total. The van der Waals surface area contributed by atoms with Crippen molar-refractivity contribution >= 4 is 21.6 Å². The number of methoxy groups -OCH3 is 1. The monoisotopic (exact) mass is 424 g/mol. The van der Waals surface area contributed by atoms with Crippen LogP contribution in [0.25, 0.3) is 0 Å². The van der Waals surface area contributed by atoms with Crippen LogP contribution in [0.15, 0.2) is 71.6 Å². The Hall–Kier alpha value is -3.32. The molecule has 30 heavy (non-hydrogen) atoms. The number of ether oxygens (including phenoxy) is 1. The van der Waals surface area contributed by atoms with Gasteiger partial charge in [-0.05, 0) is 73.0 Å². The third kappa shape index (κ3) is 4.99. The van der Waals surface area contributed by atoms with Crippen LogP contribution >= 0.6 is 0 Å². The first-order valence-electron chi connectivity index (χ1n) is 9.40. The Labute approximate surface area is 177 Å². The number of carbonyl (C=O) groups is 1. The smallest absolute Gasteiger partial charge is 0.261 e. The van der Waals surface area contributed by atoms with Gasteiger partial charge in [0.2, 0.25) is 0 Å². The molecule has 0 fully saturated rings. The minimum Gasteiger partial charge on any atom is -0.497 e. The number of carbonyl (C=O) groups excluding carboxylic acids is 1. The lowest BCUT2D eigenvalue weighted by Gasteiger charge is -2.13. The van der Waals surface area contributed by atoms with Gasteiger partial charge >= 0.3 is 0 Å². The molecule has 1 amide bonds. The van der Waals surface area contributed by atoms with Crippen molar-refractivity contribution in [3.8, 4) is 5.75 Å². The Bertz CT molecular complexity index is 1160. The van der Waals surface area contributed by atoms with Gasteiger partial charge in [0, 0.05) is 12.1 Å². The van der Waals surface area contributed by atoms with E-state index >= 15 is 0 Å². The number of rotatable bonds is 7. The summed E-state index contributed by atoms with van der Waals surface area (Å²) >= 11 is 0. The second-order valence-corrected chi connectivity index (χ2v) is 8.60. The summed E-state index contributed by atoms with van der Waals surface area (Å²) < 4.78 is 32.9. The molecule has 0 bridgehead atoms. The second-order valence-electron chi connectivity index (χ2n) is 6.92. The zero-order valence-corrected chi connectivity index (χ0v) is 17.9. The predicted octanol–water partition coefficient (Wildman–Crippen LogP) is 4.04. The molecule has 0 spiro atoms. The van der Waals surface area contributed by atoms with Crippen molar-refractivity contribution < 1.29 is 17.9 Å². The Kier molecular flexibility index (Phi) is 6.42. The van der Waals surface area contributed by atoms with Gasteiger partial charge in [-0.3, -0.25) is 9.52 Å². The molecule has 7 heteroatoms. The molecular weight excluding hydrogens is 400 g/mol. The summed E-state index contributed by atoms with van der Waals surface area (Å²) in [5, 5.41) is 2.90. The van der Waals surface area contributed by atoms with E-state index in [4.69, 9.17) is 4.74 Å². The van der Waals surface area contributed by atoms with E-state index in [2.05, 4.69) is 10.0 Å². The van der Waals surface area contributed by atoms with Gasteiger partial charge in [0.25, 0.3) is 15.9 Å². The number of hydrogen-bond donors (Lipinski definition) is 2. The molecule has 0 radical (unpaired) electrons. The lowest BCUT2D eigenvalue weighted by atomic mass is 10.1. The second kappa shape index (κ2) is 9.00. The third-order valence-corrected chi connectivity index (χ3v) is 6.18. The number of hydrogen-bond acceptors (Lipinski definition) is 4. The molecule has 0 aliphatic heterocycles. The van der Waals surface area contributed by atoms with E-state index < -0.39 is 10.0 Å². The number of nitrogens with one attached hydrogen (secondary N) is 2. The van der Waals surface area contributed by atoms with Crippen molar-refractivity contribution in [1.82, 2.24) is 5.32 Å². The first-order chi connectivity index (χ1) is 14.3. The van der Waals surface area contributed by atoms with Crippen LogP contribution in [-0.4, -0.2) is 21.4 Å². The lowest BCUT2D eigenvalue weighted by molar-refractivity contribution is 0.0951. The third-order valence-electron chi connectivity index (χ3n) is 4.80. The van der Waals surface area contributed by atoms with Gasteiger partial charge in [0.15, 0.2) is 0 Å². The van der Waals surface area contributed by atoms with Crippen LogP contribution in [0.3, 0.4) is 0 Å². The summed E-state index contributed by atoms with van der Waals surface area (Å²) in [4.78, 5) is 12.6. The van der Waals surface area contributed by atoms with Gasteiger partial charge in [-0.2, -0.15) is 0 Å². The van der Waals surface area contributed by atoms with Crippen LogP contribution in [0, 0.1) is 13.8 Å². The van der Waals surface area contributed by atoms with Crippen LogP contribution in [0.2, 0.25) is 0 Å². The molecule has 0 aliphatic rings. The van der Waals surface area contributed by atoms with Gasteiger partial charge in [-0.15, -0.1) is 0 Å². The molecule has 0 aromatic heterocycles. The van der Waals surface area contributed by atoms with Gasteiger partial charge < -0.3 is 10.1 Å². The van der Waals surface area contributed by atoms with Crippen molar-refractivity contribution in [2.24, 2.45) is 0 Å². The number of anilines is 1. The summed E-state index contributed by atoms with van der Waals surface area (Å²) in [7, 11) is -2.23. The van der Waals surface area contributed by atoms with Gasteiger partial charge in [0.1, 0.15) is 5.75 Å². The molecule has 156 valence electrons. The molecule has 3 aromatic carbocycles. The molecule has 0 atom stereocenters. The summed E-state index contributed by atoms with van der Waals surface area (Å²) in [6.45, 7) is 4.18. The SMILES string of the molecule is COc1ccc(S(=O)(=O)Nc2ccc(C(=O)NCc3ccccc3C)cc2C)cc1. The molecule has 3 rings (SSSR count). The van der Waals surface area contributed by atoms with Gasteiger partial charge in [0.05, 0.1) is 17.7 Å². The zero-order valence-electron chi connectivity index (χ0n) is 17.1. The van der Waals surface area contributed by atoms with Crippen molar-refractivity contribution in [3.63, 3.8) is 0 Å². The van der Waals surface area contributed by atoms with Crippen LogP contribution in [-0.2, 0) is 16.6 Å². The molecule has 0 saturated carbocycles. The molecular formula is C23H24N2O4S.